The van der Waals surface area contributed by atoms with Gasteiger partial charge in [0.05, 0.1) is 5.69 Å². The van der Waals surface area contributed by atoms with Crippen molar-refractivity contribution in [2.75, 3.05) is 10.6 Å². The number of nitrogens with zero attached hydrogens (tertiary/aromatic N) is 3. The Labute approximate surface area is 126 Å². The van der Waals surface area contributed by atoms with Gasteiger partial charge in [0.1, 0.15) is 6.33 Å². The highest BCUT2D eigenvalue weighted by Gasteiger charge is 2.11. The summed E-state index contributed by atoms with van der Waals surface area (Å²) in [6.07, 6.45) is 4.05. The van der Waals surface area contributed by atoms with Gasteiger partial charge in [-0.1, -0.05) is 28.1 Å². The van der Waals surface area contributed by atoms with Crippen LogP contribution in [-0.4, -0.2) is 26.0 Å². The molecule has 1 N–H and O–H groups in total. The molecule has 1 aromatic heterocycles. The van der Waals surface area contributed by atoms with Crippen LogP contribution in [0.15, 0.2) is 30.6 Å². The van der Waals surface area contributed by atoms with Gasteiger partial charge in [0.2, 0.25) is 5.91 Å². The van der Waals surface area contributed by atoms with Crippen LogP contribution in [0.3, 0.4) is 0 Å². The summed E-state index contributed by atoms with van der Waals surface area (Å²) in [7, 11) is 1.88. The molecule has 0 aliphatic heterocycles. The second-order valence-electron chi connectivity index (χ2n) is 4.51. The number of rotatable bonds is 6. The van der Waals surface area contributed by atoms with Crippen LogP contribution in [-0.2, 0) is 11.8 Å². The minimum atomic E-state index is 0.0283. The highest BCUT2D eigenvalue weighted by Crippen LogP contribution is 2.25. The molecule has 0 spiro atoms. The van der Waals surface area contributed by atoms with Crippen molar-refractivity contribution in [2.45, 2.75) is 19.3 Å². The Hall–Kier alpha value is -1.69. The van der Waals surface area contributed by atoms with Crippen molar-refractivity contribution in [3.8, 4) is 11.4 Å². The zero-order valence-electron chi connectivity index (χ0n) is 11.3. The number of benzene rings is 1. The summed E-state index contributed by atoms with van der Waals surface area (Å²) in [5.74, 6) is 0.766. The molecule has 106 valence electrons. The lowest BCUT2D eigenvalue weighted by Crippen LogP contribution is -2.12. The van der Waals surface area contributed by atoms with Gasteiger partial charge in [0.25, 0.3) is 0 Å². The number of nitrogens with one attached hydrogen (secondary N) is 1. The molecule has 20 heavy (non-hydrogen) atoms. The maximum atomic E-state index is 11.9. The normalized spacial score (nSPS) is 10.5. The Morgan fingerprint density at radius 2 is 2.15 bits per heavy atom. The molecule has 1 aromatic carbocycles. The number of alkyl halides is 1. The molecular weight excluding hydrogens is 320 g/mol. The smallest absolute Gasteiger partial charge is 0.224 e. The fourth-order valence-corrected chi connectivity index (χ4v) is 2.30. The highest BCUT2D eigenvalue weighted by atomic mass is 79.9. The lowest BCUT2D eigenvalue weighted by atomic mass is 10.1. The van der Waals surface area contributed by atoms with Crippen molar-refractivity contribution in [2.24, 2.45) is 7.05 Å². The van der Waals surface area contributed by atoms with E-state index in [-0.39, 0.29) is 5.91 Å². The van der Waals surface area contributed by atoms with E-state index in [4.69, 9.17) is 0 Å². The van der Waals surface area contributed by atoms with Gasteiger partial charge in [-0.05, 0) is 25.0 Å². The molecule has 0 aliphatic rings. The van der Waals surface area contributed by atoms with E-state index in [2.05, 4.69) is 31.4 Å². The standard InChI is InChI=1S/C14H17BrN4O/c1-19-10-16-18-14(19)11-6-2-3-7-12(11)17-13(20)8-4-5-9-15/h2-3,6-7,10H,4-5,8-9H2,1H3,(H,17,20). The fourth-order valence-electron chi connectivity index (χ4n) is 1.91. The molecule has 0 radical (unpaired) electrons. The van der Waals surface area contributed by atoms with E-state index in [1.807, 2.05) is 35.9 Å². The Balaban J connectivity index is 2.13. The molecule has 0 saturated heterocycles. The number of hydrogen-bond donors (Lipinski definition) is 1. The molecule has 0 bridgehead atoms. The van der Waals surface area contributed by atoms with Gasteiger partial charge in [-0.2, -0.15) is 0 Å². The predicted octanol–water partition coefficient (Wildman–Crippen LogP) is 2.99. The Kier molecular flexibility index (Phi) is 5.29. The lowest BCUT2D eigenvalue weighted by Gasteiger charge is -2.10. The minimum absolute atomic E-state index is 0.0283. The number of halogens is 1. The number of hydrogen-bond acceptors (Lipinski definition) is 3. The van der Waals surface area contributed by atoms with E-state index < -0.39 is 0 Å². The summed E-state index contributed by atoms with van der Waals surface area (Å²) in [6, 6.07) is 7.63. The van der Waals surface area contributed by atoms with Crippen molar-refractivity contribution in [3.05, 3.63) is 30.6 Å². The van der Waals surface area contributed by atoms with Crippen LogP contribution in [0.1, 0.15) is 19.3 Å². The molecule has 5 nitrogen and oxygen atoms in total. The molecule has 0 fully saturated rings. The Morgan fingerprint density at radius 1 is 1.35 bits per heavy atom. The third-order valence-corrected chi connectivity index (χ3v) is 3.50. The molecule has 0 aliphatic carbocycles. The Bertz CT molecular complexity index is 582. The summed E-state index contributed by atoms with van der Waals surface area (Å²) < 4.78 is 1.83. The summed E-state index contributed by atoms with van der Waals surface area (Å²) in [4.78, 5) is 11.9. The van der Waals surface area contributed by atoms with E-state index >= 15 is 0 Å². The van der Waals surface area contributed by atoms with Gasteiger partial charge in [0, 0.05) is 24.4 Å². The molecular formula is C14H17BrN4O. The van der Waals surface area contributed by atoms with Crippen LogP contribution in [0.25, 0.3) is 11.4 Å². The summed E-state index contributed by atoms with van der Waals surface area (Å²) in [5, 5.41) is 11.8. The van der Waals surface area contributed by atoms with Gasteiger partial charge < -0.3 is 9.88 Å². The predicted molar refractivity (Wildman–Crippen MR) is 82.7 cm³/mol. The van der Waals surface area contributed by atoms with Crippen LogP contribution < -0.4 is 5.32 Å². The molecule has 0 saturated carbocycles. The third kappa shape index (κ3) is 3.66. The van der Waals surface area contributed by atoms with Gasteiger partial charge in [-0.15, -0.1) is 10.2 Å². The molecule has 6 heteroatoms. The third-order valence-electron chi connectivity index (χ3n) is 2.94. The summed E-state index contributed by atoms with van der Waals surface area (Å²) in [6.45, 7) is 0. The van der Waals surface area contributed by atoms with E-state index in [0.29, 0.717) is 6.42 Å². The second kappa shape index (κ2) is 7.19. The van der Waals surface area contributed by atoms with Crippen molar-refractivity contribution in [3.63, 3.8) is 0 Å². The maximum Gasteiger partial charge on any atom is 0.224 e. The first-order chi connectivity index (χ1) is 9.72. The van der Waals surface area contributed by atoms with Crippen molar-refractivity contribution in [1.82, 2.24) is 14.8 Å². The molecule has 0 atom stereocenters. The largest absolute Gasteiger partial charge is 0.325 e. The van der Waals surface area contributed by atoms with Crippen LogP contribution in [0.2, 0.25) is 0 Å². The molecule has 2 aromatic rings. The molecule has 2 rings (SSSR count). The minimum Gasteiger partial charge on any atom is -0.325 e. The second-order valence-corrected chi connectivity index (χ2v) is 5.30. The van der Waals surface area contributed by atoms with Crippen LogP contribution in [0, 0.1) is 0 Å². The first kappa shape index (κ1) is 14.7. The molecule has 0 unspecified atom stereocenters. The Morgan fingerprint density at radius 3 is 2.85 bits per heavy atom. The summed E-state index contributed by atoms with van der Waals surface area (Å²) in [5.41, 5.74) is 1.65. The van der Waals surface area contributed by atoms with Crippen LogP contribution in [0.5, 0.6) is 0 Å². The van der Waals surface area contributed by atoms with Crippen LogP contribution in [0.4, 0.5) is 5.69 Å². The SMILES string of the molecule is Cn1cnnc1-c1ccccc1NC(=O)CCCCBr. The average Bonchev–Trinajstić information content (AvgIpc) is 2.86. The zero-order valence-corrected chi connectivity index (χ0v) is 12.9. The monoisotopic (exact) mass is 336 g/mol. The van der Waals surface area contributed by atoms with Gasteiger partial charge >= 0.3 is 0 Å². The highest BCUT2D eigenvalue weighted by molar-refractivity contribution is 9.09. The maximum absolute atomic E-state index is 11.9. The fraction of sp³-hybridized carbons (Fsp3) is 0.357. The van der Waals surface area contributed by atoms with E-state index in [9.17, 15) is 4.79 Å². The van der Waals surface area contributed by atoms with Gasteiger partial charge in [0.15, 0.2) is 5.82 Å². The first-order valence-corrected chi connectivity index (χ1v) is 7.63. The number of carbonyl (C=O) groups excluding carboxylic acids is 1. The number of amides is 1. The summed E-state index contributed by atoms with van der Waals surface area (Å²) >= 11 is 3.36. The number of anilines is 1. The number of para-hydroxylation sites is 1. The molecule has 1 amide bonds. The lowest BCUT2D eigenvalue weighted by molar-refractivity contribution is -0.116. The number of aryl methyl sites for hydroxylation is 1. The number of carbonyl (C=O) groups is 1. The van der Waals surface area contributed by atoms with Crippen molar-refractivity contribution >= 4 is 27.5 Å². The molecule has 1 heterocycles. The average molecular weight is 337 g/mol. The van der Waals surface area contributed by atoms with Crippen molar-refractivity contribution in [1.29, 1.82) is 0 Å². The van der Waals surface area contributed by atoms with E-state index in [1.54, 1.807) is 6.33 Å². The first-order valence-electron chi connectivity index (χ1n) is 6.51. The van der Waals surface area contributed by atoms with E-state index in [1.165, 1.54) is 0 Å². The topological polar surface area (TPSA) is 59.8 Å². The van der Waals surface area contributed by atoms with Gasteiger partial charge in [-0.3, -0.25) is 4.79 Å². The van der Waals surface area contributed by atoms with E-state index in [0.717, 1.165) is 35.2 Å². The van der Waals surface area contributed by atoms with Crippen LogP contribution >= 0.6 is 15.9 Å². The number of aromatic nitrogens is 3. The zero-order chi connectivity index (χ0) is 14.4. The quantitative estimate of drug-likeness (QED) is 0.651. The number of unbranched alkanes of at least 4 members (excludes halogenated alkanes) is 1. The van der Waals surface area contributed by atoms with Gasteiger partial charge in [-0.25, -0.2) is 0 Å². The van der Waals surface area contributed by atoms with Crippen molar-refractivity contribution < 1.29 is 4.79 Å².